The number of rotatable bonds is 4. The lowest BCUT2D eigenvalue weighted by atomic mass is 9.94. The van der Waals surface area contributed by atoms with Gasteiger partial charge < -0.3 is 14.6 Å². The first-order valence-electron chi connectivity index (χ1n) is 4.32. The Hall–Kier alpha value is -1.41. The molecule has 1 N–H and O–H groups in total. The molecule has 0 aromatic rings. The van der Waals surface area contributed by atoms with Gasteiger partial charge in [0.2, 0.25) is 0 Å². The average Bonchev–Trinajstić information content (AvgIpc) is 2.14. The number of aliphatic hydroxyl groups excluding tert-OH is 1. The standard InChI is InChI=1S/C10H16O4/c1-5-14-8(11)6-7-10(2,3)9(12)13-4/h7,11H,5H2,1-4H3. The Labute approximate surface area is 83.8 Å². The minimum Gasteiger partial charge on any atom is -0.475 e. The van der Waals surface area contributed by atoms with Crippen LogP contribution in [0.25, 0.3) is 0 Å². The van der Waals surface area contributed by atoms with Gasteiger partial charge in [0.15, 0.2) is 0 Å². The van der Waals surface area contributed by atoms with Gasteiger partial charge in [-0.2, -0.15) is 0 Å². The van der Waals surface area contributed by atoms with Gasteiger partial charge in [-0.25, -0.2) is 0 Å². The summed E-state index contributed by atoms with van der Waals surface area (Å²) in [4.78, 5) is 11.2. The third-order valence-corrected chi connectivity index (χ3v) is 1.55. The van der Waals surface area contributed by atoms with Gasteiger partial charge >= 0.3 is 11.9 Å². The molecule has 0 aliphatic rings. The summed E-state index contributed by atoms with van der Waals surface area (Å²) < 4.78 is 9.29. The van der Waals surface area contributed by atoms with Crippen molar-refractivity contribution < 1.29 is 19.4 Å². The maximum atomic E-state index is 11.2. The third kappa shape index (κ3) is 4.01. The van der Waals surface area contributed by atoms with Crippen LogP contribution in [-0.2, 0) is 14.3 Å². The first-order chi connectivity index (χ1) is 6.44. The fourth-order valence-corrected chi connectivity index (χ4v) is 0.743. The molecule has 4 nitrogen and oxygen atoms in total. The Morgan fingerprint density at radius 3 is 2.57 bits per heavy atom. The molecule has 0 bridgehead atoms. The van der Waals surface area contributed by atoms with Gasteiger partial charge in [-0.1, -0.05) is 0 Å². The Bertz CT molecular complexity index is 259. The van der Waals surface area contributed by atoms with Crippen LogP contribution >= 0.6 is 0 Å². The molecule has 14 heavy (non-hydrogen) atoms. The van der Waals surface area contributed by atoms with Crippen LogP contribution in [0.1, 0.15) is 20.8 Å². The van der Waals surface area contributed by atoms with E-state index >= 15 is 0 Å². The number of hydrogen-bond donors (Lipinski definition) is 1. The smallest absolute Gasteiger partial charge is 0.324 e. The van der Waals surface area contributed by atoms with Crippen molar-refractivity contribution in [1.29, 1.82) is 0 Å². The maximum absolute atomic E-state index is 11.2. The summed E-state index contributed by atoms with van der Waals surface area (Å²) in [5, 5.41) is 9.07. The monoisotopic (exact) mass is 200 g/mol. The lowest BCUT2D eigenvalue weighted by Crippen LogP contribution is -2.22. The predicted molar refractivity (Wildman–Crippen MR) is 51.6 cm³/mol. The topological polar surface area (TPSA) is 55.8 Å². The molecule has 0 spiro atoms. The summed E-state index contributed by atoms with van der Waals surface area (Å²) in [6.07, 6.45) is 1.41. The fraction of sp³-hybridized carbons (Fsp3) is 0.600. The molecular weight excluding hydrogens is 184 g/mol. The highest BCUT2D eigenvalue weighted by Gasteiger charge is 2.25. The maximum Gasteiger partial charge on any atom is 0.324 e. The van der Waals surface area contributed by atoms with Crippen molar-refractivity contribution in [3.63, 3.8) is 0 Å². The second kappa shape index (κ2) is 5.35. The van der Waals surface area contributed by atoms with Crippen molar-refractivity contribution in [2.24, 2.45) is 5.41 Å². The summed E-state index contributed by atoms with van der Waals surface area (Å²) >= 11 is 0. The van der Waals surface area contributed by atoms with Gasteiger partial charge in [-0.05, 0) is 32.6 Å². The number of methoxy groups -OCH3 is 1. The van der Waals surface area contributed by atoms with E-state index in [9.17, 15) is 4.79 Å². The Balaban J connectivity index is 4.63. The summed E-state index contributed by atoms with van der Waals surface area (Å²) in [5.74, 6) is -0.723. The van der Waals surface area contributed by atoms with Crippen LogP contribution in [0.15, 0.2) is 17.8 Å². The van der Waals surface area contributed by atoms with Crippen LogP contribution in [0.3, 0.4) is 0 Å². The Morgan fingerprint density at radius 1 is 1.57 bits per heavy atom. The fourth-order valence-electron chi connectivity index (χ4n) is 0.743. The third-order valence-electron chi connectivity index (χ3n) is 1.55. The highest BCUT2D eigenvalue weighted by Crippen LogP contribution is 2.18. The highest BCUT2D eigenvalue weighted by molar-refractivity contribution is 5.77. The number of aliphatic hydroxyl groups is 1. The number of carbonyl (C=O) groups is 1. The van der Waals surface area contributed by atoms with Gasteiger partial charge in [-0.3, -0.25) is 4.79 Å². The van der Waals surface area contributed by atoms with E-state index in [0.29, 0.717) is 6.61 Å². The van der Waals surface area contributed by atoms with E-state index in [-0.39, 0.29) is 5.95 Å². The average molecular weight is 200 g/mol. The molecule has 0 saturated heterocycles. The van der Waals surface area contributed by atoms with Gasteiger partial charge in [-0.15, -0.1) is 0 Å². The summed E-state index contributed by atoms with van der Waals surface area (Å²) in [5.41, 5.74) is 1.64. The van der Waals surface area contributed by atoms with Gasteiger partial charge in [0.25, 0.3) is 0 Å². The van der Waals surface area contributed by atoms with Crippen LogP contribution in [-0.4, -0.2) is 24.8 Å². The normalized spacial score (nSPS) is 10.0. The molecule has 0 radical (unpaired) electrons. The van der Waals surface area contributed by atoms with E-state index in [4.69, 9.17) is 9.84 Å². The molecule has 0 aromatic carbocycles. The van der Waals surface area contributed by atoms with Crippen molar-refractivity contribution >= 4 is 5.97 Å². The van der Waals surface area contributed by atoms with Crippen molar-refractivity contribution in [3.05, 3.63) is 17.8 Å². The number of hydrogen-bond acceptors (Lipinski definition) is 4. The lowest BCUT2D eigenvalue weighted by Gasteiger charge is -2.14. The molecular formula is C10H16O4. The molecule has 0 amide bonds. The van der Waals surface area contributed by atoms with Crippen LogP contribution in [0.2, 0.25) is 0 Å². The van der Waals surface area contributed by atoms with Gasteiger partial charge in [0, 0.05) is 0 Å². The van der Waals surface area contributed by atoms with Crippen LogP contribution < -0.4 is 0 Å². The zero-order valence-electron chi connectivity index (χ0n) is 8.96. The molecule has 4 heteroatoms. The molecule has 0 heterocycles. The van der Waals surface area contributed by atoms with E-state index in [1.54, 1.807) is 20.8 Å². The predicted octanol–water partition coefficient (Wildman–Crippen LogP) is 1.78. The zero-order valence-corrected chi connectivity index (χ0v) is 8.96. The summed E-state index contributed by atoms with van der Waals surface area (Å²) in [6.45, 7) is 5.41. The quantitative estimate of drug-likeness (QED) is 0.427. The number of ether oxygens (including phenoxy) is 2. The molecule has 0 saturated carbocycles. The minimum atomic E-state index is -0.820. The number of carbonyl (C=O) groups excluding carboxylic acids is 1. The van der Waals surface area contributed by atoms with Crippen molar-refractivity contribution in [1.82, 2.24) is 0 Å². The van der Waals surface area contributed by atoms with Crippen molar-refractivity contribution in [3.8, 4) is 0 Å². The Morgan fingerprint density at radius 2 is 2.14 bits per heavy atom. The molecule has 0 atom stereocenters. The molecule has 0 rings (SSSR count). The minimum absolute atomic E-state index is 0.329. The van der Waals surface area contributed by atoms with Crippen molar-refractivity contribution in [2.45, 2.75) is 20.8 Å². The zero-order chi connectivity index (χ0) is 11.2. The first kappa shape index (κ1) is 12.6. The first-order valence-corrected chi connectivity index (χ1v) is 4.32. The summed E-state index contributed by atoms with van der Waals surface area (Å²) in [7, 11) is 1.31. The molecule has 0 aromatic heterocycles. The van der Waals surface area contributed by atoms with E-state index in [0.717, 1.165) is 0 Å². The van der Waals surface area contributed by atoms with Crippen LogP contribution in [0.4, 0.5) is 0 Å². The largest absolute Gasteiger partial charge is 0.475 e. The van der Waals surface area contributed by atoms with Crippen LogP contribution in [0.5, 0.6) is 0 Å². The number of esters is 1. The SMILES string of the molecule is CCOC(O)=C=CC(C)(C)C(=O)OC. The molecule has 0 aliphatic carbocycles. The van der Waals surface area contributed by atoms with Gasteiger partial charge in [0.1, 0.15) is 0 Å². The van der Waals surface area contributed by atoms with Crippen molar-refractivity contribution in [2.75, 3.05) is 13.7 Å². The van der Waals surface area contributed by atoms with E-state index < -0.39 is 11.4 Å². The van der Waals surface area contributed by atoms with E-state index in [2.05, 4.69) is 10.5 Å². The molecule has 0 unspecified atom stereocenters. The second-order valence-electron chi connectivity index (χ2n) is 3.24. The Kier molecular flexibility index (Phi) is 4.81. The second-order valence-corrected chi connectivity index (χ2v) is 3.24. The molecule has 80 valence electrons. The summed E-state index contributed by atoms with van der Waals surface area (Å²) in [6, 6.07) is 0. The van der Waals surface area contributed by atoms with Crippen LogP contribution in [0, 0.1) is 5.41 Å². The van der Waals surface area contributed by atoms with E-state index in [1.807, 2.05) is 0 Å². The van der Waals surface area contributed by atoms with E-state index in [1.165, 1.54) is 13.2 Å². The lowest BCUT2D eigenvalue weighted by molar-refractivity contribution is -0.148. The molecule has 0 fully saturated rings. The highest BCUT2D eigenvalue weighted by atomic mass is 16.6. The molecule has 0 aliphatic heterocycles. The van der Waals surface area contributed by atoms with Gasteiger partial charge in [0.05, 0.1) is 19.1 Å².